The zero-order valence-electron chi connectivity index (χ0n) is 22.0. The molecule has 3 aromatic rings. The summed E-state index contributed by atoms with van der Waals surface area (Å²) in [5.41, 5.74) is -3.15. The van der Waals surface area contributed by atoms with E-state index in [-0.39, 0.29) is 40.0 Å². The molecule has 1 fully saturated rings. The van der Waals surface area contributed by atoms with Crippen molar-refractivity contribution >= 4 is 50.5 Å². The molecule has 1 saturated heterocycles. The van der Waals surface area contributed by atoms with Crippen LogP contribution in [0.2, 0.25) is 0 Å². The number of carbonyl (C=O) groups is 1. The molecule has 1 aliphatic heterocycles. The lowest BCUT2D eigenvalue weighted by molar-refractivity contribution is -0.138. The van der Waals surface area contributed by atoms with Gasteiger partial charge >= 0.3 is 12.3 Å². The van der Waals surface area contributed by atoms with E-state index in [1.165, 1.54) is 23.2 Å². The van der Waals surface area contributed by atoms with Crippen molar-refractivity contribution in [1.29, 1.82) is 5.26 Å². The van der Waals surface area contributed by atoms with Crippen LogP contribution < -0.4 is 10.5 Å². The first kappa shape index (κ1) is 29.6. The number of halogens is 4. The normalized spacial score (nSPS) is 16.2. The summed E-state index contributed by atoms with van der Waals surface area (Å²) in [5, 5.41) is 14.0. The van der Waals surface area contributed by atoms with Gasteiger partial charge in [-0.1, -0.05) is 33.8 Å². The molecule has 1 atom stereocenters. The molecule has 1 aromatic carbocycles. The Kier molecular flexibility index (Phi) is 8.32. The van der Waals surface area contributed by atoms with Gasteiger partial charge in [0.25, 0.3) is 5.56 Å². The molecule has 0 radical (unpaired) electrons. The summed E-state index contributed by atoms with van der Waals surface area (Å²) in [6.45, 7) is 5.99. The topological polar surface area (TPSA) is 117 Å². The second-order valence-corrected chi connectivity index (χ2v) is 11.6. The minimum atomic E-state index is -4.75. The van der Waals surface area contributed by atoms with Crippen LogP contribution in [0.3, 0.4) is 0 Å². The predicted molar refractivity (Wildman–Crippen MR) is 147 cm³/mol. The number of benzene rings is 1. The summed E-state index contributed by atoms with van der Waals surface area (Å²) in [6.07, 6.45) is -2.29. The lowest BCUT2D eigenvalue weighted by Gasteiger charge is -2.41. The predicted octanol–water partition coefficient (Wildman–Crippen LogP) is 5.02. The van der Waals surface area contributed by atoms with Crippen LogP contribution >= 0.6 is 27.7 Å². The molecule has 0 bridgehead atoms. The zero-order chi connectivity index (χ0) is 29.4. The molecule has 2 aromatic heterocycles. The molecule has 0 aliphatic carbocycles. The third kappa shape index (κ3) is 6.02. The molecule has 1 unspecified atom stereocenters. The number of nitriles is 1. The Morgan fingerprint density at radius 1 is 1.25 bits per heavy atom. The molecule has 4 rings (SSSR count). The number of rotatable bonds is 4. The highest BCUT2D eigenvalue weighted by Crippen LogP contribution is 2.38. The minimum absolute atomic E-state index is 0.0301. The van der Waals surface area contributed by atoms with Gasteiger partial charge in [0.05, 0.1) is 41.4 Å². The fraction of sp³-hybridized carbons (Fsp3) is 0.440. The van der Waals surface area contributed by atoms with Crippen molar-refractivity contribution in [3.05, 3.63) is 44.8 Å². The van der Waals surface area contributed by atoms with Gasteiger partial charge in [0.15, 0.2) is 5.16 Å². The van der Waals surface area contributed by atoms with E-state index < -0.39 is 40.7 Å². The highest BCUT2D eigenvalue weighted by atomic mass is 79.9. The Bertz CT molecular complexity index is 1550. The number of aromatic nitrogens is 4. The van der Waals surface area contributed by atoms with Crippen LogP contribution in [0.25, 0.3) is 16.6 Å². The van der Waals surface area contributed by atoms with Crippen LogP contribution in [0.15, 0.2) is 38.8 Å². The van der Waals surface area contributed by atoms with Gasteiger partial charge in [-0.2, -0.15) is 28.2 Å². The van der Waals surface area contributed by atoms with Crippen molar-refractivity contribution in [3.63, 3.8) is 0 Å². The third-order valence-electron chi connectivity index (χ3n) is 6.03. The first-order valence-corrected chi connectivity index (χ1v) is 14.1. The molecule has 40 heavy (non-hydrogen) atoms. The van der Waals surface area contributed by atoms with Gasteiger partial charge in [0, 0.05) is 24.1 Å². The van der Waals surface area contributed by atoms with E-state index in [0.717, 1.165) is 17.8 Å². The van der Waals surface area contributed by atoms with E-state index in [2.05, 4.69) is 37.1 Å². The molecule has 0 N–H and O–H groups in total. The maximum atomic E-state index is 13.9. The molecule has 1 aliphatic rings. The van der Waals surface area contributed by atoms with E-state index in [1.54, 1.807) is 27.0 Å². The summed E-state index contributed by atoms with van der Waals surface area (Å²) in [4.78, 5) is 38.5. The first-order chi connectivity index (χ1) is 18.7. The summed E-state index contributed by atoms with van der Waals surface area (Å²) in [6, 6.07) is 5.35. The monoisotopic (exact) mass is 639 g/mol. The summed E-state index contributed by atoms with van der Waals surface area (Å²) < 4.78 is 47.6. The Balaban J connectivity index is 1.80. The number of fused-ring (bicyclic) bond motifs is 1. The highest BCUT2D eigenvalue weighted by Gasteiger charge is 2.38. The molecule has 0 saturated carbocycles. The number of carbonyl (C=O) groups excluding carboxylic acids is 1. The first-order valence-electron chi connectivity index (χ1n) is 12.1. The fourth-order valence-corrected chi connectivity index (χ4v) is 5.29. The van der Waals surface area contributed by atoms with Crippen LogP contribution in [0.1, 0.15) is 32.8 Å². The second-order valence-electron chi connectivity index (χ2n) is 9.93. The molecule has 3 heterocycles. The van der Waals surface area contributed by atoms with Gasteiger partial charge in [0.1, 0.15) is 16.9 Å². The van der Waals surface area contributed by atoms with Crippen LogP contribution in [-0.4, -0.2) is 68.3 Å². The maximum absolute atomic E-state index is 13.9. The van der Waals surface area contributed by atoms with Crippen molar-refractivity contribution < 1.29 is 22.7 Å². The lowest BCUT2D eigenvalue weighted by Crippen LogP contribution is -2.56. The molecular weight excluding hydrogens is 615 g/mol. The molecular formula is C25H25BrF3N7O3S. The highest BCUT2D eigenvalue weighted by molar-refractivity contribution is 9.10. The number of nitrogens with zero attached hydrogens (tertiary/aromatic N) is 7. The SMILES string of the molecule is CSc1nc(N2CCN(C(=O)OC(C)(C)C)C(CC#N)C2)c2cnn(-c3cccc(Br)c3C(F)(F)F)c(=O)c2n1. The van der Waals surface area contributed by atoms with E-state index in [4.69, 9.17) is 4.74 Å². The van der Waals surface area contributed by atoms with E-state index in [0.29, 0.717) is 17.0 Å². The van der Waals surface area contributed by atoms with Gasteiger partial charge in [-0.05, 0) is 39.2 Å². The summed E-state index contributed by atoms with van der Waals surface area (Å²) in [7, 11) is 0. The van der Waals surface area contributed by atoms with Gasteiger partial charge in [-0.3, -0.25) is 4.79 Å². The zero-order valence-corrected chi connectivity index (χ0v) is 24.4. The number of alkyl halides is 3. The molecule has 0 spiro atoms. The van der Waals surface area contributed by atoms with Gasteiger partial charge in [-0.15, -0.1) is 0 Å². The minimum Gasteiger partial charge on any atom is -0.444 e. The number of amides is 1. The smallest absolute Gasteiger partial charge is 0.419 e. The van der Waals surface area contributed by atoms with Crippen LogP contribution in [0, 0.1) is 11.3 Å². The number of piperazine rings is 1. The summed E-state index contributed by atoms with van der Waals surface area (Å²) in [5.74, 6) is 0.336. The number of thioether (sulfide) groups is 1. The van der Waals surface area contributed by atoms with Crippen molar-refractivity contribution in [1.82, 2.24) is 24.6 Å². The lowest BCUT2D eigenvalue weighted by atomic mass is 10.1. The Hall–Kier alpha value is -3.38. The van der Waals surface area contributed by atoms with Crippen molar-refractivity contribution in [2.75, 3.05) is 30.8 Å². The second kappa shape index (κ2) is 11.2. The summed E-state index contributed by atoms with van der Waals surface area (Å²) >= 11 is 4.09. The third-order valence-corrected chi connectivity index (χ3v) is 7.23. The molecule has 15 heteroatoms. The standard InChI is InChI=1S/C25H25BrF3N7O3S/c1-24(2,3)39-23(38)35-11-10-34(13-14(35)8-9-30)20-15-12-31-36(21(37)19(15)32-22(33-20)40-4)17-7-5-6-16(26)18(17)25(27,28)29/h5-7,12,14H,8,10-11,13H2,1-4H3. The Morgan fingerprint density at radius 2 is 1.98 bits per heavy atom. The fourth-order valence-electron chi connectivity index (χ4n) is 4.35. The Labute approximate surface area is 240 Å². The van der Waals surface area contributed by atoms with E-state index in [9.17, 15) is 28.0 Å². The van der Waals surface area contributed by atoms with E-state index in [1.807, 2.05) is 4.90 Å². The number of hydrogen-bond acceptors (Lipinski definition) is 9. The maximum Gasteiger partial charge on any atom is 0.419 e. The molecule has 212 valence electrons. The number of anilines is 1. The van der Waals surface area contributed by atoms with Crippen molar-refractivity contribution in [2.45, 2.75) is 50.2 Å². The van der Waals surface area contributed by atoms with E-state index >= 15 is 0 Å². The Morgan fingerprint density at radius 3 is 2.60 bits per heavy atom. The largest absolute Gasteiger partial charge is 0.444 e. The van der Waals surface area contributed by atoms with Gasteiger partial charge in [0.2, 0.25) is 0 Å². The van der Waals surface area contributed by atoms with Crippen molar-refractivity contribution in [3.8, 4) is 11.8 Å². The average Bonchev–Trinajstić information content (AvgIpc) is 2.86. The van der Waals surface area contributed by atoms with Crippen LogP contribution in [0.5, 0.6) is 0 Å². The van der Waals surface area contributed by atoms with Gasteiger partial charge in [-0.25, -0.2) is 14.8 Å². The molecule has 10 nitrogen and oxygen atoms in total. The average molecular weight is 640 g/mol. The van der Waals surface area contributed by atoms with Crippen LogP contribution in [0.4, 0.5) is 23.8 Å². The van der Waals surface area contributed by atoms with Crippen molar-refractivity contribution in [2.24, 2.45) is 0 Å². The number of hydrogen-bond donors (Lipinski definition) is 0. The number of ether oxygens (including phenoxy) is 1. The van der Waals surface area contributed by atoms with Crippen LogP contribution in [-0.2, 0) is 10.9 Å². The van der Waals surface area contributed by atoms with Gasteiger partial charge < -0.3 is 14.5 Å². The quantitative estimate of drug-likeness (QED) is 0.286. The molecule has 1 amide bonds.